The first kappa shape index (κ1) is 20.4. The fourth-order valence-electron chi connectivity index (χ4n) is 2.18. The van der Waals surface area contributed by atoms with E-state index in [1.54, 1.807) is 0 Å². The van der Waals surface area contributed by atoms with Crippen molar-refractivity contribution >= 4 is 39.8 Å². The van der Waals surface area contributed by atoms with Gasteiger partial charge in [0.1, 0.15) is 12.7 Å². The molecular weight excluding hydrogens is 392 g/mol. The van der Waals surface area contributed by atoms with E-state index in [4.69, 9.17) is 23.7 Å². The van der Waals surface area contributed by atoms with Gasteiger partial charge in [0.05, 0.1) is 0 Å². The standard InChI is InChI=1S/C14H19BrO9/c1-6(16)20-5-10-11(21-7(2)17)12(22-8(3)18)13(14(15)24-10)23-9(4)19/h10-14H,5H2,1-4H3/t10-,11-,12+,13-,14+/m0/s1. The molecule has 1 fully saturated rings. The maximum Gasteiger partial charge on any atom is 0.303 e. The molecule has 1 saturated heterocycles. The number of hydrogen-bond acceptors (Lipinski definition) is 9. The minimum atomic E-state index is -1.13. The molecule has 0 N–H and O–H groups in total. The highest BCUT2D eigenvalue weighted by molar-refractivity contribution is 9.09. The zero-order chi connectivity index (χ0) is 18.4. The molecule has 0 saturated carbocycles. The minimum Gasteiger partial charge on any atom is -0.463 e. The van der Waals surface area contributed by atoms with Crippen molar-refractivity contribution in [3.8, 4) is 0 Å². The van der Waals surface area contributed by atoms with Crippen LogP contribution in [0.4, 0.5) is 0 Å². The minimum absolute atomic E-state index is 0.236. The van der Waals surface area contributed by atoms with Gasteiger partial charge in [-0.2, -0.15) is 0 Å². The van der Waals surface area contributed by atoms with Crippen molar-refractivity contribution in [2.24, 2.45) is 0 Å². The number of carbonyl (C=O) groups is 4. The average Bonchev–Trinajstić information content (AvgIpc) is 2.42. The summed E-state index contributed by atoms with van der Waals surface area (Å²) in [5.41, 5.74) is 0. The van der Waals surface area contributed by atoms with Gasteiger partial charge in [-0.3, -0.25) is 19.2 Å². The Morgan fingerprint density at radius 1 is 0.792 bits per heavy atom. The smallest absolute Gasteiger partial charge is 0.303 e. The van der Waals surface area contributed by atoms with E-state index in [0.717, 1.165) is 13.8 Å². The summed E-state index contributed by atoms with van der Waals surface area (Å²) in [4.78, 5) is 45.1. The van der Waals surface area contributed by atoms with Gasteiger partial charge in [0.15, 0.2) is 23.3 Å². The van der Waals surface area contributed by atoms with E-state index in [1.807, 2.05) is 0 Å². The summed E-state index contributed by atoms with van der Waals surface area (Å²) in [6.07, 6.45) is -4.22. The zero-order valence-electron chi connectivity index (χ0n) is 13.6. The molecule has 0 amide bonds. The Balaban J connectivity index is 3.11. The van der Waals surface area contributed by atoms with Gasteiger partial charge in [-0.1, -0.05) is 15.9 Å². The summed E-state index contributed by atoms with van der Waals surface area (Å²) >= 11 is 3.18. The van der Waals surface area contributed by atoms with E-state index >= 15 is 0 Å². The highest BCUT2D eigenvalue weighted by atomic mass is 79.9. The van der Waals surface area contributed by atoms with E-state index in [2.05, 4.69) is 15.9 Å². The van der Waals surface area contributed by atoms with Crippen molar-refractivity contribution in [3.05, 3.63) is 0 Å². The van der Waals surface area contributed by atoms with Crippen LogP contribution < -0.4 is 0 Å². The van der Waals surface area contributed by atoms with Crippen LogP contribution in [-0.4, -0.2) is 59.9 Å². The third-order valence-corrected chi connectivity index (χ3v) is 3.67. The molecule has 0 aromatic rings. The van der Waals surface area contributed by atoms with E-state index in [-0.39, 0.29) is 6.61 Å². The SMILES string of the molecule is CC(=O)OC[C@@H]1O[C@@H](Br)[C@@H](OC(C)=O)[C@H](OC(C)=O)[C@H]1OC(C)=O. The van der Waals surface area contributed by atoms with Crippen LogP contribution in [0.25, 0.3) is 0 Å². The first-order valence-corrected chi connectivity index (χ1v) is 7.98. The third-order valence-electron chi connectivity index (χ3n) is 2.93. The summed E-state index contributed by atoms with van der Waals surface area (Å²) in [7, 11) is 0. The molecule has 1 aliphatic heterocycles. The zero-order valence-corrected chi connectivity index (χ0v) is 15.2. The van der Waals surface area contributed by atoms with Crippen LogP contribution in [0.5, 0.6) is 0 Å². The predicted octanol–water partition coefficient (Wildman–Crippen LogP) is 0.464. The van der Waals surface area contributed by atoms with E-state index < -0.39 is 53.3 Å². The van der Waals surface area contributed by atoms with E-state index in [0.29, 0.717) is 0 Å². The molecular formula is C14H19BrO9. The molecule has 1 aliphatic rings. The fourth-order valence-corrected chi connectivity index (χ4v) is 2.86. The molecule has 0 spiro atoms. The summed E-state index contributed by atoms with van der Waals surface area (Å²) in [5, 5.41) is -0.863. The van der Waals surface area contributed by atoms with Crippen LogP contribution >= 0.6 is 15.9 Å². The summed E-state index contributed by atoms with van der Waals surface area (Å²) in [6.45, 7) is 4.47. The van der Waals surface area contributed by atoms with Gasteiger partial charge in [-0.15, -0.1) is 0 Å². The van der Waals surface area contributed by atoms with Gasteiger partial charge >= 0.3 is 23.9 Å². The number of esters is 4. The van der Waals surface area contributed by atoms with Gasteiger partial charge in [0.25, 0.3) is 0 Å². The first-order chi connectivity index (χ1) is 11.1. The Hall–Kier alpha value is -1.68. The van der Waals surface area contributed by atoms with E-state index in [1.165, 1.54) is 13.8 Å². The Morgan fingerprint density at radius 3 is 1.71 bits per heavy atom. The molecule has 0 aromatic heterocycles. The number of hydrogen-bond donors (Lipinski definition) is 0. The Kier molecular flexibility index (Phi) is 7.61. The van der Waals surface area contributed by atoms with Crippen molar-refractivity contribution in [2.45, 2.75) is 57.1 Å². The molecule has 0 aromatic carbocycles. The van der Waals surface area contributed by atoms with Crippen molar-refractivity contribution in [2.75, 3.05) is 6.61 Å². The fraction of sp³-hybridized carbons (Fsp3) is 0.714. The molecule has 10 heteroatoms. The van der Waals surface area contributed by atoms with Gasteiger partial charge in [0, 0.05) is 27.7 Å². The lowest BCUT2D eigenvalue weighted by Gasteiger charge is -2.42. The first-order valence-electron chi connectivity index (χ1n) is 7.06. The van der Waals surface area contributed by atoms with Gasteiger partial charge in [-0.05, 0) is 0 Å². The van der Waals surface area contributed by atoms with Crippen molar-refractivity contribution in [1.29, 1.82) is 0 Å². The molecule has 0 bridgehead atoms. The quantitative estimate of drug-likeness (QED) is 0.362. The van der Waals surface area contributed by atoms with Crippen LogP contribution in [0.3, 0.4) is 0 Å². The number of carbonyl (C=O) groups excluding carboxylic acids is 4. The Bertz CT molecular complexity index is 506. The van der Waals surface area contributed by atoms with Crippen LogP contribution in [0.1, 0.15) is 27.7 Å². The highest BCUT2D eigenvalue weighted by Gasteiger charge is 2.51. The Labute approximate surface area is 147 Å². The molecule has 0 unspecified atom stereocenters. The van der Waals surface area contributed by atoms with Crippen LogP contribution in [0.15, 0.2) is 0 Å². The second-order valence-corrected chi connectivity index (χ2v) is 5.95. The summed E-state index contributed by atoms with van der Waals surface area (Å²) in [6, 6.07) is 0. The molecule has 136 valence electrons. The number of rotatable bonds is 5. The molecule has 0 aliphatic carbocycles. The third kappa shape index (κ3) is 6.08. The lowest BCUT2D eigenvalue weighted by atomic mass is 9.99. The topological polar surface area (TPSA) is 114 Å². The number of halogens is 1. The molecule has 1 heterocycles. The van der Waals surface area contributed by atoms with Crippen molar-refractivity contribution < 1.29 is 42.9 Å². The summed E-state index contributed by atoms with van der Waals surface area (Å²) in [5.74, 6) is -2.52. The summed E-state index contributed by atoms with van der Waals surface area (Å²) < 4.78 is 25.9. The van der Waals surface area contributed by atoms with Crippen LogP contribution in [-0.2, 0) is 42.9 Å². The van der Waals surface area contributed by atoms with E-state index in [9.17, 15) is 19.2 Å². The normalized spacial score (nSPS) is 29.3. The van der Waals surface area contributed by atoms with Gasteiger partial charge in [-0.25, -0.2) is 0 Å². The van der Waals surface area contributed by atoms with Crippen molar-refractivity contribution in [3.63, 3.8) is 0 Å². The largest absolute Gasteiger partial charge is 0.463 e. The molecule has 1 rings (SSSR count). The molecule has 0 radical (unpaired) electrons. The van der Waals surface area contributed by atoms with Crippen LogP contribution in [0.2, 0.25) is 0 Å². The lowest BCUT2D eigenvalue weighted by Crippen LogP contribution is -2.60. The predicted molar refractivity (Wildman–Crippen MR) is 80.9 cm³/mol. The molecule has 5 atom stereocenters. The van der Waals surface area contributed by atoms with Crippen LogP contribution in [0, 0.1) is 0 Å². The second-order valence-electron chi connectivity index (χ2n) is 5.05. The van der Waals surface area contributed by atoms with Gasteiger partial charge in [0.2, 0.25) is 0 Å². The number of ether oxygens (including phenoxy) is 5. The number of alkyl halides is 1. The lowest BCUT2D eigenvalue weighted by molar-refractivity contribution is -0.236. The Morgan fingerprint density at radius 2 is 1.25 bits per heavy atom. The highest BCUT2D eigenvalue weighted by Crippen LogP contribution is 2.31. The second kappa shape index (κ2) is 8.97. The maximum atomic E-state index is 11.4. The van der Waals surface area contributed by atoms with Gasteiger partial charge < -0.3 is 23.7 Å². The average molecular weight is 411 g/mol. The monoisotopic (exact) mass is 410 g/mol. The molecule has 9 nitrogen and oxygen atoms in total. The maximum absolute atomic E-state index is 11.4. The molecule has 24 heavy (non-hydrogen) atoms. The van der Waals surface area contributed by atoms with Crippen molar-refractivity contribution in [1.82, 2.24) is 0 Å².